The molecule has 0 rings (SSSR count). The van der Waals surface area contributed by atoms with E-state index in [2.05, 4.69) is 45.1 Å². The first-order chi connectivity index (χ1) is 26.5. The summed E-state index contributed by atoms with van der Waals surface area (Å²) in [5, 5.41) is 0. The fourth-order valence-electron chi connectivity index (χ4n) is 6.66. The van der Waals surface area contributed by atoms with E-state index in [1.54, 1.807) is 0 Å². The van der Waals surface area contributed by atoms with Crippen molar-refractivity contribution in [3.8, 4) is 0 Å². The van der Waals surface area contributed by atoms with E-state index < -0.39 is 6.10 Å². The van der Waals surface area contributed by atoms with Crippen molar-refractivity contribution in [3.05, 3.63) is 24.3 Å². The molecule has 0 aliphatic heterocycles. The number of ether oxygens (including phenoxy) is 3. The van der Waals surface area contributed by atoms with Gasteiger partial charge in [-0.05, 0) is 44.9 Å². The Morgan fingerprint density at radius 2 is 0.704 bits per heavy atom. The van der Waals surface area contributed by atoms with Crippen molar-refractivity contribution >= 4 is 17.9 Å². The molecular weight excluding hydrogens is 673 g/mol. The quantitative estimate of drug-likeness (QED) is 0.0267. The van der Waals surface area contributed by atoms with Gasteiger partial charge in [-0.25, -0.2) is 0 Å². The zero-order valence-corrected chi connectivity index (χ0v) is 36.0. The van der Waals surface area contributed by atoms with Crippen molar-refractivity contribution in [1.29, 1.82) is 0 Å². The highest BCUT2D eigenvalue weighted by Gasteiger charge is 2.19. The molecule has 0 fully saturated rings. The van der Waals surface area contributed by atoms with Gasteiger partial charge in [0.1, 0.15) is 13.2 Å². The van der Waals surface area contributed by atoms with E-state index in [4.69, 9.17) is 14.2 Å². The van der Waals surface area contributed by atoms with Gasteiger partial charge in [-0.2, -0.15) is 0 Å². The minimum absolute atomic E-state index is 0.0741. The molecule has 0 saturated carbocycles. The highest BCUT2D eigenvalue weighted by Crippen LogP contribution is 2.15. The Morgan fingerprint density at radius 1 is 0.370 bits per heavy atom. The normalized spacial score (nSPS) is 12.1. The van der Waals surface area contributed by atoms with E-state index >= 15 is 0 Å². The third-order valence-electron chi connectivity index (χ3n) is 10.2. The smallest absolute Gasteiger partial charge is 0.306 e. The summed E-state index contributed by atoms with van der Waals surface area (Å²) in [6, 6.07) is 0. The molecule has 0 aromatic rings. The zero-order chi connectivity index (χ0) is 39.4. The van der Waals surface area contributed by atoms with E-state index in [0.29, 0.717) is 19.3 Å². The second kappa shape index (κ2) is 43.6. The van der Waals surface area contributed by atoms with E-state index in [1.807, 2.05) is 0 Å². The number of unbranched alkanes of at least 4 members (excludes halogenated alkanes) is 27. The Kier molecular flexibility index (Phi) is 41.9. The van der Waals surface area contributed by atoms with Crippen molar-refractivity contribution in [2.24, 2.45) is 0 Å². The van der Waals surface area contributed by atoms with Crippen LogP contribution in [0, 0.1) is 0 Å². The van der Waals surface area contributed by atoms with Gasteiger partial charge in [-0.3, -0.25) is 14.4 Å². The van der Waals surface area contributed by atoms with Crippen molar-refractivity contribution in [3.63, 3.8) is 0 Å². The molecule has 0 saturated heterocycles. The minimum Gasteiger partial charge on any atom is -0.462 e. The lowest BCUT2D eigenvalue weighted by Gasteiger charge is -2.18. The summed E-state index contributed by atoms with van der Waals surface area (Å²) in [7, 11) is 0. The summed E-state index contributed by atoms with van der Waals surface area (Å²) < 4.78 is 16.6. The number of rotatable bonds is 42. The van der Waals surface area contributed by atoms with Crippen LogP contribution in [0.5, 0.6) is 0 Å². The second-order valence-corrected chi connectivity index (χ2v) is 15.7. The minimum atomic E-state index is -0.769. The maximum atomic E-state index is 12.7. The predicted molar refractivity (Wildman–Crippen MR) is 229 cm³/mol. The number of hydrogen-bond donors (Lipinski definition) is 0. The third kappa shape index (κ3) is 41.1. The highest BCUT2D eigenvalue weighted by molar-refractivity contribution is 5.71. The Bertz CT molecular complexity index is 880. The van der Waals surface area contributed by atoms with Gasteiger partial charge in [0, 0.05) is 19.3 Å². The molecule has 0 heterocycles. The van der Waals surface area contributed by atoms with Gasteiger partial charge in [0.05, 0.1) is 0 Å². The van der Waals surface area contributed by atoms with Crippen LogP contribution in [0.3, 0.4) is 0 Å². The lowest BCUT2D eigenvalue weighted by molar-refractivity contribution is -0.167. The van der Waals surface area contributed by atoms with Crippen LogP contribution in [0.1, 0.15) is 245 Å². The van der Waals surface area contributed by atoms with Gasteiger partial charge in [-0.1, -0.05) is 206 Å². The average Bonchev–Trinajstić information content (AvgIpc) is 3.17. The van der Waals surface area contributed by atoms with Gasteiger partial charge >= 0.3 is 17.9 Å². The summed E-state index contributed by atoms with van der Waals surface area (Å²) in [6.07, 6.45) is 47.7. The number of allylic oxidation sites excluding steroid dienone is 4. The number of carbonyl (C=O) groups is 3. The van der Waals surface area contributed by atoms with E-state index in [1.165, 1.54) is 109 Å². The van der Waals surface area contributed by atoms with Crippen LogP contribution in [0.4, 0.5) is 0 Å². The van der Waals surface area contributed by atoms with Crippen LogP contribution in [0.25, 0.3) is 0 Å². The molecule has 6 heteroatoms. The Labute approximate surface area is 334 Å². The highest BCUT2D eigenvalue weighted by atomic mass is 16.6. The summed E-state index contributed by atoms with van der Waals surface area (Å²) in [4.78, 5) is 37.5. The molecule has 0 aliphatic rings. The molecule has 0 aliphatic carbocycles. The molecule has 0 bridgehead atoms. The molecule has 0 N–H and O–H groups in total. The van der Waals surface area contributed by atoms with E-state index in [-0.39, 0.29) is 31.1 Å². The summed E-state index contributed by atoms with van der Waals surface area (Å²) in [5.74, 6) is -0.896. The Morgan fingerprint density at radius 3 is 1.09 bits per heavy atom. The summed E-state index contributed by atoms with van der Waals surface area (Å²) >= 11 is 0. The second-order valence-electron chi connectivity index (χ2n) is 15.7. The number of esters is 3. The van der Waals surface area contributed by atoms with Crippen LogP contribution in [0.15, 0.2) is 24.3 Å². The van der Waals surface area contributed by atoms with Crippen LogP contribution in [0.2, 0.25) is 0 Å². The van der Waals surface area contributed by atoms with Gasteiger partial charge in [0.25, 0.3) is 0 Å². The molecule has 0 radical (unpaired) electrons. The fourth-order valence-corrected chi connectivity index (χ4v) is 6.66. The zero-order valence-electron chi connectivity index (χ0n) is 36.0. The third-order valence-corrected chi connectivity index (χ3v) is 10.2. The maximum Gasteiger partial charge on any atom is 0.306 e. The first-order valence-electron chi connectivity index (χ1n) is 23.3. The molecule has 316 valence electrons. The van der Waals surface area contributed by atoms with Gasteiger partial charge < -0.3 is 14.2 Å². The van der Waals surface area contributed by atoms with Gasteiger partial charge in [0.15, 0.2) is 6.10 Å². The number of carbonyl (C=O) groups excluding carboxylic acids is 3. The Balaban J connectivity index is 4.16. The molecule has 1 atom stereocenters. The van der Waals surface area contributed by atoms with Crippen LogP contribution >= 0.6 is 0 Å². The SMILES string of the molecule is CCC/C=C\C/C=C\CCCCCCCC(=O)OC(COC(=O)CCCCCCC)COC(=O)CCCCCCCCCCCCCCCCCCCC. The van der Waals surface area contributed by atoms with Crippen LogP contribution in [-0.4, -0.2) is 37.2 Å². The van der Waals surface area contributed by atoms with Crippen molar-refractivity contribution in [2.45, 2.75) is 252 Å². The summed E-state index contributed by atoms with van der Waals surface area (Å²) in [6.45, 7) is 6.49. The topological polar surface area (TPSA) is 78.9 Å². The molecule has 6 nitrogen and oxygen atoms in total. The molecule has 0 aromatic carbocycles. The first-order valence-corrected chi connectivity index (χ1v) is 23.3. The standard InChI is InChI=1S/C48H88O6/c1-4-7-10-13-15-17-19-21-22-23-24-25-27-28-30-32-35-38-41-47(50)53-44-45(43-52-46(49)40-37-34-12-9-6-3)54-48(51)42-39-36-33-31-29-26-20-18-16-14-11-8-5-2/h11,14,18,20,45H,4-10,12-13,15-17,19,21-44H2,1-3H3/b14-11-,20-18-. The first kappa shape index (κ1) is 51.9. The maximum absolute atomic E-state index is 12.7. The lowest BCUT2D eigenvalue weighted by Crippen LogP contribution is -2.30. The van der Waals surface area contributed by atoms with Crippen LogP contribution < -0.4 is 0 Å². The molecule has 0 amide bonds. The molecule has 0 aromatic heterocycles. The monoisotopic (exact) mass is 761 g/mol. The molecular formula is C48H88O6. The van der Waals surface area contributed by atoms with Crippen molar-refractivity contribution in [1.82, 2.24) is 0 Å². The molecule has 1 unspecified atom stereocenters. The number of hydrogen-bond acceptors (Lipinski definition) is 6. The average molecular weight is 761 g/mol. The van der Waals surface area contributed by atoms with E-state index in [9.17, 15) is 14.4 Å². The molecule has 0 spiro atoms. The summed E-state index contributed by atoms with van der Waals surface area (Å²) in [5.41, 5.74) is 0. The van der Waals surface area contributed by atoms with Crippen molar-refractivity contribution in [2.75, 3.05) is 13.2 Å². The van der Waals surface area contributed by atoms with Crippen molar-refractivity contribution < 1.29 is 28.6 Å². The van der Waals surface area contributed by atoms with E-state index in [0.717, 1.165) is 96.3 Å². The predicted octanol–water partition coefficient (Wildman–Crippen LogP) is 14.8. The largest absolute Gasteiger partial charge is 0.462 e. The van der Waals surface area contributed by atoms with Crippen LogP contribution in [-0.2, 0) is 28.6 Å². The lowest BCUT2D eigenvalue weighted by atomic mass is 10.0. The van der Waals surface area contributed by atoms with Gasteiger partial charge in [0.2, 0.25) is 0 Å². The van der Waals surface area contributed by atoms with Gasteiger partial charge in [-0.15, -0.1) is 0 Å². The fraction of sp³-hybridized carbons (Fsp3) is 0.854. The molecule has 54 heavy (non-hydrogen) atoms. The Hall–Kier alpha value is -2.11.